The predicted molar refractivity (Wildman–Crippen MR) is 124 cm³/mol. The van der Waals surface area contributed by atoms with Crippen molar-refractivity contribution in [2.75, 3.05) is 11.9 Å². The Balaban J connectivity index is 1.64. The van der Waals surface area contributed by atoms with Gasteiger partial charge in [-0.1, -0.05) is 23.7 Å². The van der Waals surface area contributed by atoms with Crippen LogP contribution in [0.1, 0.15) is 21.7 Å². The standard InChI is InChI=1S/C23H16ClF5N6O3/c1-34(15-10-31-22(32-11-15)38-21(25)26)20(36)13-5-4-6-14(9-13)35-16(12-37-17-7-2-3-8-30-17)18(24)19(33-35)23(27,28)29/h2-11,21H,12H2,1H3. The molecule has 3 aromatic heterocycles. The van der Waals surface area contributed by atoms with E-state index in [1.807, 2.05) is 0 Å². The molecule has 15 heteroatoms. The van der Waals surface area contributed by atoms with Crippen LogP contribution in [-0.4, -0.2) is 44.3 Å². The van der Waals surface area contributed by atoms with E-state index in [0.29, 0.717) is 0 Å². The van der Waals surface area contributed by atoms with E-state index in [0.717, 1.165) is 22.0 Å². The molecule has 4 rings (SSSR count). The molecule has 9 nitrogen and oxygen atoms in total. The third kappa shape index (κ3) is 5.96. The highest BCUT2D eigenvalue weighted by atomic mass is 35.5. The van der Waals surface area contributed by atoms with Crippen molar-refractivity contribution in [2.45, 2.75) is 19.4 Å². The average molecular weight is 555 g/mol. The van der Waals surface area contributed by atoms with Crippen LogP contribution in [0.3, 0.4) is 0 Å². The Morgan fingerprint density at radius 2 is 1.84 bits per heavy atom. The van der Waals surface area contributed by atoms with Gasteiger partial charge in [0.25, 0.3) is 5.91 Å². The molecule has 1 aromatic carbocycles. The van der Waals surface area contributed by atoms with Gasteiger partial charge in [-0.2, -0.15) is 27.1 Å². The Labute approximate surface area is 216 Å². The van der Waals surface area contributed by atoms with Crippen LogP contribution in [0.5, 0.6) is 11.9 Å². The first-order chi connectivity index (χ1) is 18.0. The van der Waals surface area contributed by atoms with Crippen molar-refractivity contribution < 1.29 is 36.2 Å². The Bertz CT molecular complexity index is 1420. The zero-order valence-corrected chi connectivity index (χ0v) is 20.0. The van der Waals surface area contributed by atoms with Crippen molar-refractivity contribution in [2.24, 2.45) is 0 Å². The van der Waals surface area contributed by atoms with Gasteiger partial charge in [0.1, 0.15) is 12.3 Å². The van der Waals surface area contributed by atoms with Crippen LogP contribution in [0.15, 0.2) is 61.1 Å². The summed E-state index contributed by atoms with van der Waals surface area (Å²) in [5.41, 5.74) is -1.14. The number of ether oxygens (including phenoxy) is 2. The minimum Gasteiger partial charge on any atom is -0.471 e. The minimum atomic E-state index is -4.85. The van der Waals surface area contributed by atoms with Crippen molar-refractivity contribution >= 4 is 23.2 Å². The lowest BCUT2D eigenvalue weighted by Crippen LogP contribution is -2.26. The van der Waals surface area contributed by atoms with Crippen molar-refractivity contribution in [1.29, 1.82) is 0 Å². The van der Waals surface area contributed by atoms with Gasteiger partial charge in [0.15, 0.2) is 5.69 Å². The zero-order chi connectivity index (χ0) is 27.4. The van der Waals surface area contributed by atoms with E-state index in [9.17, 15) is 26.7 Å². The number of pyridine rings is 1. The zero-order valence-electron chi connectivity index (χ0n) is 19.2. The summed E-state index contributed by atoms with van der Waals surface area (Å²) in [7, 11) is 1.38. The Kier molecular flexibility index (Phi) is 7.71. The molecule has 0 bridgehead atoms. The molecule has 4 aromatic rings. The first-order valence-electron chi connectivity index (χ1n) is 10.6. The summed E-state index contributed by atoms with van der Waals surface area (Å²) in [6.45, 7) is -3.52. The molecule has 3 heterocycles. The van der Waals surface area contributed by atoms with Gasteiger partial charge in [0, 0.05) is 24.9 Å². The maximum absolute atomic E-state index is 13.6. The number of anilines is 1. The van der Waals surface area contributed by atoms with Gasteiger partial charge in [-0.25, -0.2) is 19.6 Å². The quantitative estimate of drug-likeness (QED) is 0.277. The van der Waals surface area contributed by atoms with Crippen molar-refractivity contribution in [3.05, 3.63) is 83.0 Å². The van der Waals surface area contributed by atoms with Crippen LogP contribution in [0, 0.1) is 0 Å². The van der Waals surface area contributed by atoms with Crippen LogP contribution >= 0.6 is 11.6 Å². The fourth-order valence-corrected chi connectivity index (χ4v) is 3.51. The third-order valence-corrected chi connectivity index (χ3v) is 5.42. The second-order valence-electron chi connectivity index (χ2n) is 7.49. The summed E-state index contributed by atoms with van der Waals surface area (Å²) < 4.78 is 75.9. The number of alkyl halides is 5. The van der Waals surface area contributed by atoms with Crippen LogP contribution in [0.2, 0.25) is 5.02 Å². The highest BCUT2D eigenvalue weighted by molar-refractivity contribution is 6.32. The molecule has 0 N–H and O–H groups in total. The summed E-state index contributed by atoms with van der Waals surface area (Å²) in [4.78, 5) is 25.4. The van der Waals surface area contributed by atoms with E-state index in [-0.39, 0.29) is 28.5 Å². The summed E-state index contributed by atoms with van der Waals surface area (Å²) in [5.74, 6) is -0.443. The Morgan fingerprint density at radius 1 is 1.11 bits per heavy atom. The van der Waals surface area contributed by atoms with E-state index >= 15 is 0 Å². The van der Waals surface area contributed by atoms with E-state index in [2.05, 4.69) is 24.8 Å². The second-order valence-corrected chi connectivity index (χ2v) is 7.87. The fourth-order valence-electron chi connectivity index (χ4n) is 3.23. The third-order valence-electron chi connectivity index (χ3n) is 5.02. The molecular weight excluding hydrogens is 539 g/mol. The monoisotopic (exact) mass is 554 g/mol. The summed E-state index contributed by atoms with van der Waals surface area (Å²) in [6.07, 6.45) is -1.20. The molecule has 0 saturated heterocycles. The van der Waals surface area contributed by atoms with Crippen LogP contribution in [0.25, 0.3) is 5.69 Å². The SMILES string of the molecule is CN(C(=O)c1cccc(-n2nc(C(F)(F)F)c(Cl)c2COc2ccccn2)c1)c1cnc(OC(F)F)nc1. The van der Waals surface area contributed by atoms with E-state index in [4.69, 9.17) is 16.3 Å². The van der Waals surface area contributed by atoms with Gasteiger partial charge < -0.3 is 14.4 Å². The van der Waals surface area contributed by atoms with Gasteiger partial charge in [0.2, 0.25) is 5.88 Å². The average Bonchev–Trinajstić information content (AvgIpc) is 3.24. The van der Waals surface area contributed by atoms with E-state index in [1.165, 1.54) is 43.6 Å². The first kappa shape index (κ1) is 26.7. The number of rotatable bonds is 8. The number of amides is 1. The van der Waals surface area contributed by atoms with Crippen LogP contribution < -0.4 is 14.4 Å². The molecule has 1 amide bonds. The summed E-state index contributed by atoms with van der Waals surface area (Å²) in [5, 5.41) is 2.98. The number of hydrogen-bond donors (Lipinski definition) is 0. The molecule has 38 heavy (non-hydrogen) atoms. The number of hydrogen-bond acceptors (Lipinski definition) is 7. The molecule has 0 spiro atoms. The molecule has 0 fully saturated rings. The van der Waals surface area contributed by atoms with Crippen molar-refractivity contribution in [1.82, 2.24) is 24.7 Å². The Morgan fingerprint density at radius 3 is 2.47 bits per heavy atom. The first-order valence-corrected chi connectivity index (χ1v) is 11.0. The lowest BCUT2D eigenvalue weighted by molar-refractivity contribution is -0.141. The highest BCUT2D eigenvalue weighted by Crippen LogP contribution is 2.37. The molecule has 0 atom stereocenters. The number of nitrogens with zero attached hydrogens (tertiary/aromatic N) is 6. The largest absolute Gasteiger partial charge is 0.471 e. The lowest BCUT2D eigenvalue weighted by Gasteiger charge is -2.17. The molecule has 0 unspecified atom stereocenters. The molecule has 0 radical (unpaired) electrons. The van der Waals surface area contributed by atoms with E-state index < -0.39 is 42.0 Å². The van der Waals surface area contributed by atoms with Crippen molar-refractivity contribution in [3.8, 4) is 17.6 Å². The molecular formula is C23H16ClF5N6O3. The maximum atomic E-state index is 13.6. The maximum Gasteiger partial charge on any atom is 0.436 e. The highest BCUT2D eigenvalue weighted by Gasteiger charge is 2.39. The second kappa shape index (κ2) is 11.0. The summed E-state index contributed by atoms with van der Waals surface area (Å²) in [6, 6.07) is 9.83. The smallest absolute Gasteiger partial charge is 0.436 e. The number of benzene rings is 1. The molecule has 0 aliphatic rings. The normalized spacial score (nSPS) is 11.5. The Hall–Kier alpha value is -4.33. The fraction of sp³-hybridized carbons (Fsp3) is 0.174. The summed E-state index contributed by atoms with van der Waals surface area (Å²) >= 11 is 6.06. The lowest BCUT2D eigenvalue weighted by atomic mass is 10.1. The topological polar surface area (TPSA) is 95.3 Å². The number of halogens is 6. The molecule has 0 aliphatic carbocycles. The van der Waals surface area contributed by atoms with Crippen molar-refractivity contribution in [3.63, 3.8) is 0 Å². The molecule has 198 valence electrons. The number of carbonyl (C=O) groups is 1. The van der Waals surface area contributed by atoms with Gasteiger partial charge >= 0.3 is 18.8 Å². The molecule has 0 saturated carbocycles. The minimum absolute atomic E-state index is 0.0645. The number of carbonyl (C=O) groups excluding carboxylic acids is 1. The van der Waals surface area contributed by atoms with Gasteiger partial charge in [-0.3, -0.25) is 4.79 Å². The van der Waals surface area contributed by atoms with Gasteiger partial charge in [0.05, 0.1) is 28.8 Å². The molecule has 0 aliphatic heterocycles. The predicted octanol–water partition coefficient (Wildman–Crippen LogP) is 5.19. The van der Waals surface area contributed by atoms with Gasteiger partial charge in [-0.15, -0.1) is 0 Å². The van der Waals surface area contributed by atoms with E-state index in [1.54, 1.807) is 12.1 Å². The van der Waals surface area contributed by atoms with Crippen LogP contribution in [-0.2, 0) is 12.8 Å². The van der Waals surface area contributed by atoms with Crippen LogP contribution in [0.4, 0.5) is 27.6 Å². The van der Waals surface area contributed by atoms with Gasteiger partial charge in [-0.05, 0) is 24.3 Å². The number of aromatic nitrogens is 5.